The summed E-state index contributed by atoms with van der Waals surface area (Å²) in [6.45, 7) is 5.82. The van der Waals surface area contributed by atoms with Gasteiger partial charge in [0.05, 0.1) is 5.41 Å². The van der Waals surface area contributed by atoms with Gasteiger partial charge in [-0.2, -0.15) is 9.97 Å². The van der Waals surface area contributed by atoms with E-state index in [9.17, 15) is 9.90 Å². The molecule has 1 atom stereocenters. The summed E-state index contributed by atoms with van der Waals surface area (Å²) in [7, 11) is 0. The van der Waals surface area contributed by atoms with E-state index < -0.39 is 11.4 Å². The van der Waals surface area contributed by atoms with Crippen molar-refractivity contribution in [3.8, 4) is 0 Å². The number of unbranched alkanes of at least 4 members (excludes halogenated alkanes) is 1. The standard InChI is InChI=1S/C14H23N5O2/c1-3-4-6-16-10-8-11(18-13(15)17-10)19-7-5-14(2,9-19)12(20)21/h8H,3-7,9H2,1-2H3,(H,20,21)(H3,15,16,17,18). The molecule has 116 valence electrons. The first-order chi connectivity index (χ1) is 9.94. The first-order valence-electron chi connectivity index (χ1n) is 7.31. The molecule has 1 saturated heterocycles. The maximum absolute atomic E-state index is 11.3. The van der Waals surface area contributed by atoms with Crippen LogP contribution in [0.2, 0.25) is 0 Å². The molecule has 1 aromatic rings. The first-order valence-corrected chi connectivity index (χ1v) is 7.31. The number of aromatic nitrogens is 2. The maximum Gasteiger partial charge on any atom is 0.311 e. The monoisotopic (exact) mass is 293 g/mol. The van der Waals surface area contributed by atoms with E-state index in [0.717, 1.165) is 19.4 Å². The van der Waals surface area contributed by atoms with Gasteiger partial charge in [0, 0.05) is 25.7 Å². The van der Waals surface area contributed by atoms with Crippen molar-refractivity contribution >= 4 is 23.6 Å². The summed E-state index contributed by atoms with van der Waals surface area (Å²) >= 11 is 0. The second-order valence-corrected chi connectivity index (χ2v) is 5.79. The van der Waals surface area contributed by atoms with Crippen molar-refractivity contribution in [3.05, 3.63) is 6.07 Å². The van der Waals surface area contributed by atoms with Gasteiger partial charge in [-0.15, -0.1) is 0 Å². The Kier molecular flexibility index (Phi) is 4.50. The van der Waals surface area contributed by atoms with Crippen molar-refractivity contribution in [2.24, 2.45) is 5.41 Å². The third kappa shape index (κ3) is 3.53. The highest BCUT2D eigenvalue weighted by Crippen LogP contribution is 2.33. The van der Waals surface area contributed by atoms with E-state index in [-0.39, 0.29) is 5.95 Å². The van der Waals surface area contributed by atoms with Crippen LogP contribution in [0.4, 0.5) is 17.6 Å². The molecule has 0 saturated carbocycles. The number of aliphatic carboxylic acids is 1. The molecular formula is C14H23N5O2. The molecule has 0 spiro atoms. The fourth-order valence-corrected chi connectivity index (χ4v) is 2.43. The molecule has 4 N–H and O–H groups in total. The molecule has 1 fully saturated rings. The number of nitrogens with zero attached hydrogens (tertiary/aromatic N) is 3. The van der Waals surface area contributed by atoms with Crippen LogP contribution in [0.3, 0.4) is 0 Å². The number of nitrogens with one attached hydrogen (secondary N) is 1. The van der Waals surface area contributed by atoms with Gasteiger partial charge in [-0.3, -0.25) is 4.79 Å². The summed E-state index contributed by atoms with van der Waals surface area (Å²) in [6.07, 6.45) is 2.76. The number of hydrogen-bond acceptors (Lipinski definition) is 6. The molecule has 1 aromatic heterocycles. The van der Waals surface area contributed by atoms with Gasteiger partial charge < -0.3 is 21.1 Å². The van der Waals surface area contributed by atoms with Gasteiger partial charge in [-0.05, 0) is 19.8 Å². The van der Waals surface area contributed by atoms with Gasteiger partial charge in [-0.25, -0.2) is 0 Å². The van der Waals surface area contributed by atoms with Crippen LogP contribution in [0.15, 0.2) is 6.07 Å². The number of carboxylic acids is 1. The second-order valence-electron chi connectivity index (χ2n) is 5.79. The maximum atomic E-state index is 11.3. The molecular weight excluding hydrogens is 270 g/mol. The van der Waals surface area contributed by atoms with Crippen LogP contribution in [0.5, 0.6) is 0 Å². The molecule has 2 rings (SSSR count). The van der Waals surface area contributed by atoms with Crippen molar-refractivity contribution in [1.82, 2.24) is 9.97 Å². The predicted octanol–water partition coefficient (Wildman–Crippen LogP) is 1.57. The Morgan fingerprint density at radius 1 is 1.57 bits per heavy atom. The van der Waals surface area contributed by atoms with E-state index in [0.29, 0.717) is 31.1 Å². The van der Waals surface area contributed by atoms with Crippen molar-refractivity contribution < 1.29 is 9.90 Å². The summed E-state index contributed by atoms with van der Waals surface area (Å²) in [6, 6.07) is 1.83. The van der Waals surface area contributed by atoms with E-state index >= 15 is 0 Å². The molecule has 0 aromatic carbocycles. The molecule has 1 aliphatic heterocycles. The number of nitrogens with two attached hydrogens (primary N) is 1. The van der Waals surface area contributed by atoms with E-state index in [1.807, 2.05) is 11.0 Å². The highest BCUT2D eigenvalue weighted by atomic mass is 16.4. The van der Waals surface area contributed by atoms with Gasteiger partial charge in [-0.1, -0.05) is 13.3 Å². The van der Waals surface area contributed by atoms with Crippen LogP contribution < -0.4 is 16.0 Å². The number of hydrogen-bond donors (Lipinski definition) is 3. The number of carbonyl (C=O) groups is 1. The Hall–Kier alpha value is -2.05. The van der Waals surface area contributed by atoms with Gasteiger partial charge in [0.1, 0.15) is 11.6 Å². The molecule has 0 aliphatic carbocycles. The fraction of sp³-hybridized carbons (Fsp3) is 0.643. The molecule has 21 heavy (non-hydrogen) atoms. The van der Waals surface area contributed by atoms with E-state index in [2.05, 4.69) is 22.2 Å². The summed E-state index contributed by atoms with van der Waals surface area (Å²) < 4.78 is 0. The van der Waals surface area contributed by atoms with Gasteiger partial charge in [0.25, 0.3) is 0 Å². The SMILES string of the molecule is CCCCNc1cc(N2CCC(C)(C(=O)O)C2)nc(N)n1. The average Bonchev–Trinajstić information content (AvgIpc) is 2.83. The fourth-order valence-electron chi connectivity index (χ4n) is 2.43. The quantitative estimate of drug-likeness (QED) is 0.684. The minimum atomic E-state index is -0.770. The van der Waals surface area contributed by atoms with Gasteiger partial charge >= 0.3 is 5.97 Å². The molecule has 0 amide bonds. The highest BCUT2D eigenvalue weighted by molar-refractivity contribution is 5.76. The molecule has 0 bridgehead atoms. The molecule has 1 unspecified atom stereocenters. The molecule has 0 radical (unpaired) electrons. The Morgan fingerprint density at radius 3 is 2.95 bits per heavy atom. The van der Waals surface area contributed by atoms with E-state index in [1.54, 1.807) is 6.92 Å². The van der Waals surface area contributed by atoms with Crippen molar-refractivity contribution in [3.63, 3.8) is 0 Å². The number of nitrogen functional groups attached to an aromatic ring is 1. The third-order valence-electron chi connectivity index (χ3n) is 3.88. The number of anilines is 3. The second kappa shape index (κ2) is 6.15. The Balaban J connectivity index is 2.11. The minimum absolute atomic E-state index is 0.204. The topological polar surface area (TPSA) is 104 Å². The Morgan fingerprint density at radius 2 is 2.33 bits per heavy atom. The molecule has 7 nitrogen and oxygen atoms in total. The predicted molar refractivity (Wildman–Crippen MR) is 82.4 cm³/mol. The van der Waals surface area contributed by atoms with Crippen molar-refractivity contribution in [2.45, 2.75) is 33.1 Å². The van der Waals surface area contributed by atoms with Crippen LogP contribution in [0, 0.1) is 5.41 Å². The summed E-state index contributed by atoms with van der Waals surface area (Å²) in [5, 5.41) is 12.5. The van der Waals surface area contributed by atoms with Crippen molar-refractivity contribution in [2.75, 3.05) is 35.6 Å². The van der Waals surface area contributed by atoms with Crippen molar-refractivity contribution in [1.29, 1.82) is 0 Å². The average molecular weight is 293 g/mol. The zero-order chi connectivity index (χ0) is 15.5. The first kappa shape index (κ1) is 15.3. The number of carboxylic acid groups (broad SMARTS) is 1. The molecule has 1 aliphatic rings. The van der Waals surface area contributed by atoms with Crippen LogP contribution >= 0.6 is 0 Å². The smallest absolute Gasteiger partial charge is 0.311 e. The lowest BCUT2D eigenvalue weighted by Crippen LogP contribution is -2.32. The lowest BCUT2D eigenvalue weighted by molar-refractivity contribution is -0.146. The zero-order valence-electron chi connectivity index (χ0n) is 12.6. The van der Waals surface area contributed by atoms with Crippen LogP contribution in [-0.2, 0) is 4.79 Å². The summed E-state index contributed by atoms with van der Waals surface area (Å²) in [5.74, 6) is 0.810. The largest absolute Gasteiger partial charge is 0.481 e. The molecule has 2 heterocycles. The zero-order valence-corrected chi connectivity index (χ0v) is 12.6. The van der Waals surface area contributed by atoms with Crippen LogP contribution in [-0.4, -0.2) is 40.7 Å². The highest BCUT2D eigenvalue weighted by Gasteiger charge is 2.41. The lowest BCUT2D eigenvalue weighted by atomic mass is 9.90. The minimum Gasteiger partial charge on any atom is -0.481 e. The Bertz CT molecular complexity index is 522. The van der Waals surface area contributed by atoms with E-state index in [1.165, 1.54) is 0 Å². The van der Waals surface area contributed by atoms with Crippen LogP contribution in [0.1, 0.15) is 33.1 Å². The summed E-state index contributed by atoms with van der Waals surface area (Å²) in [5.41, 5.74) is 5.03. The Labute approximate surface area is 124 Å². The summed E-state index contributed by atoms with van der Waals surface area (Å²) in [4.78, 5) is 21.7. The number of rotatable bonds is 6. The van der Waals surface area contributed by atoms with Gasteiger partial charge in [0.2, 0.25) is 5.95 Å². The van der Waals surface area contributed by atoms with Crippen LogP contribution in [0.25, 0.3) is 0 Å². The van der Waals surface area contributed by atoms with E-state index in [4.69, 9.17) is 5.73 Å². The normalized spacial score (nSPS) is 21.5. The molecule has 7 heteroatoms. The third-order valence-corrected chi connectivity index (χ3v) is 3.88. The lowest BCUT2D eigenvalue weighted by Gasteiger charge is -2.21. The van der Waals surface area contributed by atoms with Gasteiger partial charge in [0.15, 0.2) is 0 Å².